The molecule has 1 aliphatic rings. The van der Waals surface area contributed by atoms with E-state index in [1.807, 2.05) is 0 Å². The molecule has 16 heavy (non-hydrogen) atoms. The zero-order valence-electron chi connectivity index (χ0n) is 8.77. The largest absolute Gasteiger partial charge is 0.391 e. The third-order valence-electron chi connectivity index (χ3n) is 2.62. The predicted octanol–water partition coefficient (Wildman–Crippen LogP) is 1.33. The molecule has 1 saturated heterocycles. The van der Waals surface area contributed by atoms with Gasteiger partial charge in [0.2, 0.25) is 0 Å². The highest BCUT2D eigenvalue weighted by atomic mass is 35.5. The molecule has 2 heterocycles. The molecule has 0 radical (unpaired) electrons. The summed E-state index contributed by atoms with van der Waals surface area (Å²) >= 11 is 5.80. The van der Waals surface area contributed by atoms with Gasteiger partial charge in [0.05, 0.1) is 6.10 Å². The Morgan fingerprint density at radius 3 is 3.12 bits per heavy atom. The third kappa shape index (κ3) is 2.51. The van der Waals surface area contributed by atoms with Crippen LogP contribution in [-0.2, 0) is 0 Å². The van der Waals surface area contributed by atoms with Crippen LogP contribution < -0.4 is 0 Å². The average molecular weight is 241 g/mol. The summed E-state index contributed by atoms with van der Waals surface area (Å²) in [5.74, 6) is -0.166. The van der Waals surface area contributed by atoms with E-state index in [0.29, 0.717) is 23.8 Å². The van der Waals surface area contributed by atoms with Crippen LogP contribution in [0.1, 0.15) is 23.3 Å². The van der Waals surface area contributed by atoms with Crippen molar-refractivity contribution in [3.05, 3.63) is 29.0 Å². The summed E-state index contributed by atoms with van der Waals surface area (Å²) in [6.45, 7) is 1.05. The standard InChI is InChI=1S/C11H13ClN2O2/c12-8-3-4-13-10(6-8)11(16)14-5-1-2-9(15)7-14/h3-4,6,9,15H,1-2,5,7H2/t9-/m0/s1. The molecule has 5 heteroatoms. The molecular weight excluding hydrogens is 228 g/mol. The van der Waals surface area contributed by atoms with E-state index >= 15 is 0 Å². The summed E-state index contributed by atoms with van der Waals surface area (Å²) in [6, 6.07) is 3.17. The zero-order chi connectivity index (χ0) is 11.5. The van der Waals surface area contributed by atoms with Gasteiger partial charge in [0.1, 0.15) is 5.69 Å². The molecular formula is C11H13ClN2O2. The van der Waals surface area contributed by atoms with Gasteiger partial charge in [0.15, 0.2) is 0 Å². The lowest BCUT2D eigenvalue weighted by Crippen LogP contribution is -2.42. The van der Waals surface area contributed by atoms with E-state index in [0.717, 1.165) is 12.8 Å². The van der Waals surface area contributed by atoms with Crippen LogP contribution in [-0.4, -0.2) is 40.1 Å². The number of aliphatic hydroxyl groups excluding tert-OH is 1. The second kappa shape index (κ2) is 4.80. The molecule has 1 aliphatic heterocycles. The molecule has 1 aromatic rings. The Hall–Kier alpha value is -1.13. The molecule has 0 bridgehead atoms. The van der Waals surface area contributed by atoms with Gasteiger partial charge in [0.25, 0.3) is 5.91 Å². The summed E-state index contributed by atoms with van der Waals surface area (Å²) in [5, 5.41) is 9.99. The molecule has 0 saturated carbocycles. The van der Waals surface area contributed by atoms with E-state index in [4.69, 9.17) is 11.6 Å². The van der Waals surface area contributed by atoms with Gasteiger partial charge in [-0.05, 0) is 25.0 Å². The molecule has 0 spiro atoms. The quantitative estimate of drug-likeness (QED) is 0.806. The first-order chi connectivity index (χ1) is 7.66. The van der Waals surface area contributed by atoms with Crippen LogP contribution in [0.25, 0.3) is 0 Å². The van der Waals surface area contributed by atoms with Crippen molar-refractivity contribution in [2.24, 2.45) is 0 Å². The summed E-state index contributed by atoms with van der Waals surface area (Å²) in [5.41, 5.74) is 0.335. The van der Waals surface area contributed by atoms with Gasteiger partial charge < -0.3 is 10.0 Å². The molecule has 0 aromatic carbocycles. The van der Waals surface area contributed by atoms with Gasteiger partial charge in [-0.25, -0.2) is 0 Å². The molecule has 1 N–H and O–H groups in total. The third-order valence-corrected chi connectivity index (χ3v) is 2.86. The first-order valence-electron chi connectivity index (χ1n) is 5.26. The molecule has 0 unspecified atom stereocenters. The minimum atomic E-state index is -0.420. The fraction of sp³-hybridized carbons (Fsp3) is 0.455. The lowest BCUT2D eigenvalue weighted by atomic mass is 10.1. The Labute approximate surface area is 98.9 Å². The summed E-state index contributed by atoms with van der Waals surface area (Å²) in [6.07, 6.45) is 2.67. The topological polar surface area (TPSA) is 53.4 Å². The Morgan fingerprint density at radius 2 is 2.44 bits per heavy atom. The Kier molecular flexibility index (Phi) is 3.41. The highest BCUT2D eigenvalue weighted by Gasteiger charge is 2.23. The van der Waals surface area contributed by atoms with Crippen molar-refractivity contribution in [1.29, 1.82) is 0 Å². The van der Waals surface area contributed by atoms with Gasteiger partial charge in [-0.15, -0.1) is 0 Å². The van der Waals surface area contributed by atoms with E-state index in [-0.39, 0.29) is 5.91 Å². The maximum Gasteiger partial charge on any atom is 0.272 e. The number of piperidine rings is 1. The first-order valence-corrected chi connectivity index (χ1v) is 5.63. The van der Waals surface area contributed by atoms with Crippen LogP contribution in [0.2, 0.25) is 5.02 Å². The molecule has 1 fully saturated rings. The minimum Gasteiger partial charge on any atom is -0.391 e. The van der Waals surface area contributed by atoms with Crippen LogP contribution in [0.4, 0.5) is 0 Å². The van der Waals surface area contributed by atoms with Gasteiger partial charge >= 0.3 is 0 Å². The molecule has 0 aliphatic carbocycles. The number of halogens is 1. The monoisotopic (exact) mass is 240 g/mol. The number of rotatable bonds is 1. The fourth-order valence-electron chi connectivity index (χ4n) is 1.82. The summed E-state index contributed by atoms with van der Waals surface area (Å²) in [7, 11) is 0. The first kappa shape index (κ1) is 11.4. The van der Waals surface area contributed by atoms with Crippen LogP contribution in [0, 0.1) is 0 Å². The van der Waals surface area contributed by atoms with Gasteiger partial charge in [0, 0.05) is 24.3 Å². The number of β-amino-alcohol motifs (C(OH)–C–C–N with tert-alkyl or cyclic N) is 1. The summed E-state index contributed by atoms with van der Waals surface area (Å²) < 4.78 is 0. The average Bonchev–Trinajstić information content (AvgIpc) is 2.28. The lowest BCUT2D eigenvalue weighted by molar-refractivity contribution is 0.0469. The smallest absolute Gasteiger partial charge is 0.272 e. The fourth-order valence-corrected chi connectivity index (χ4v) is 1.98. The van der Waals surface area contributed by atoms with Crippen LogP contribution >= 0.6 is 11.6 Å². The van der Waals surface area contributed by atoms with Crippen molar-refractivity contribution in [2.75, 3.05) is 13.1 Å². The van der Waals surface area contributed by atoms with Gasteiger partial charge in [-0.3, -0.25) is 9.78 Å². The Balaban J connectivity index is 2.12. The number of amides is 1. The molecule has 4 nitrogen and oxygen atoms in total. The number of hydrogen-bond acceptors (Lipinski definition) is 3. The van der Waals surface area contributed by atoms with E-state index in [2.05, 4.69) is 4.98 Å². The number of aliphatic hydroxyl groups is 1. The lowest BCUT2D eigenvalue weighted by Gasteiger charge is -2.29. The summed E-state index contributed by atoms with van der Waals surface area (Å²) in [4.78, 5) is 17.6. The molecule has 1 amide bonds. The van der Waals surface area contributed by atoms with Gasteiger partial charge in [-0.2, -0.15) is 0 Å². The van der Waals surface area contributed by atoms with E-state index < -0.39 is 6.10 Å². The number of pyridine rings is 1. The van der Waals surface area contributed by atoms with Crippen LogP contribution in [0.5, 0.6) is 0 Å². The number of carbonyl (C=O) groups excluding carboxylic acids is 1. The Bertz CT molecular complexity index is 397. The molecule has 86 valence electrons. The van der Waals surface area contributed by atoms with Crippen molar-refractivity contribution < 1.29 is 9.90 Å². The van der Waals surface area contributed by atoms with Crippen molar-refractivity contribution in [1.82, 2.24) is 9.88 Å². The van der Waals surface area contributed by atoms with Crippen LogP contribution in [0.3, 0.4) is 0 Å². The number of likely N-dealkylation sites (tertiary alicyclic amines) is 1. The zero-order valence-corrected chi connectivity index (χ0v) is 9.52. The van der Waals surface area contributed by atoms with E-state index in [1.54, 1.807) is 17.0 Å². The maximum atomic E-state index is 12.0. The van der Waals surface area contributed by atoms with Crippen molar-refractivity contribution in [3.8, 4) is 0 Å². The SMILES string of the molecule is O=C(c1cc(Cl)ccn1)N1CCC[C@H](O)C1. The van der Waals surface area contributed by atoms with Crippen molar-refractivity contribution in [3.63, 3.8) is 0 Å². The second-order valence-corrected chi connectivity index (χ2v) is 4.34. The second-order valence-electron chi connectivity index (χ2n) is 3.91. The molecule has 2 rings (SSSR count). The van der Waals surface area contributed by atoms with Crippen molar-refractivity contribution >= 4 is 17.5 Å². The number of hydrogen-bond donors (Lipinski definition) is 1. The van der Waals surface area contributed by atoms with Crippen molar-refractivity contribution in [2.45, 2.75) is 18.9 Å². The maximum absolute atomic E-state index is 12.0. The number of nitrogens with zero attached hydrogens (tertiary/aromatic N) is 2. The number of aromatic nitrogens is 1. The predicted molar refractivity (Wildman–Crippen MR) is 60.4 cm³/mol. The number of carbonyl (C=O) groups is 1. The minimum absolute atomic E-state index is 0.166. The van der Waals surface area contributed by atoms with E-state index in [9.17, 15) is 9.90 Å². The van der Waals surface area contributed by atoms with E-state index in [1.165, 1.54) is 6.20 Å². The molecule has 1 aromatic heterocycles. The van der Waals surface area contributed by atoms with Gasteiger partial charge in [-0.1, -0.05) is 11.6 Å². The van der Waals surface area contributed by atoms with Crippen LogP contribution in [0.15, 0.2) is 18.3 Å². The highest BCUT2D eigenvalue weighted by molar-refractivity contribution is 6.30. The molecule has 1 atom stereocenters. The highest BCUT2D eigenvalue weighted by Crippen LogP contribution is 2.14. The Morgan fingerprint density at radius 1 is 1.62 bits per heavy atom. The normalized spacial score (nSPS) is 20.9.